The fourth-order valence-corrected chi connectivity index (χ4v) is 2.90. The molecule has 0 saturated carbocycles. The van der Waals surface area contributed by atoms with E-state index in [0.29, 0.717) is 5.75 Å². The molecule has 9 heteroatoms. The lowest BCUT2D eigenvalue weighted by Crippen LogP contribution is -2.32. The Kier molecular flexibility index (Phi) is 3.88. The van der Waals surface area contributed by atoms with Gasteiger partial charge in [-0.05, 0) is 12.1 Å². The van der Waals surface area contributed by atoms with Gasteiger partial charge in [-0.15, -0.1) is 0 Å². The lowest BCUT2D eigenvalue weighted by Gasteiger charge is -2.19. The van der Waals surface area contributed by atoms with Gasteiger partial charge >= 0.3 is 5.97 Å². The molecule has 0 bridgehead atoms. The minimum Gasteiger partial charge on any atom is -0.497 e. The van der Waals surface area contributed by atoms with Gasteiger partial charge in [0.1, 0.15) is 11.0 Å². The van der Waals surface area contributed by atoms with Crippen LogP contribution in [0.5, 0.6) is 5.75 Å². The minimum absolute atomic E-state index is 0.0954. The number of rotatable bonds is 4. The Hall–Kier alpha value is -2.13. The number of carboxylic acids is 1. The molecule has 1 atom stereocenters. The van der Waals surface area contributed by atoms with Crippen LogP contribution >= 0.6 is 0 Å². The molecule has 1 saturated heterocycles. The molecule has 3 N–H and O–H groups in total. The normalized spacial score (nSPS) is 18.9. The molecule has 1 aromatic rings. The van der Waals surface area contributed by atoms with E-state index in [0.717, 1.165) is 4.90 Å². The van der Waals surface area contributed by atoms with Gasteiger partial charge in [-0.25, -0.2) is 18.4 Å². The van der Waals surface area contributed by atoms with Crippen molar-refractivity contribution < 1.29 is 27.9 Å². The Balaban J connectivity index is 2.46. The number of anilines is 1. The highest BCUT2D eigenvalue weighted by atomic mass is 32.2. The number of nitrogens with two attached hydrogens (primary N) is 1. The zero-order valence-electron chi connectivity index (χ0n) is 11.1. The summed E-state index contributed by atoms with van der Waals surface area (Å²) in [6.45, 7) is -0.175. The number of carbonyl (C=O) groups excluding carboxylic acids is 1. The van der Waals surface area contributed by atoms with E-state index >= 15 is 0 Å². The molecular formula is C12H14N2O6S. The van der Waals surface area contributed by atoms with Crippen LogP contribution in [0, 0.1) is 0 Å². The van der Waals surface area contributed by atoms with Gasteiger partial charge in [0, 0.05) is 19.0 Å². The van der Waals surface area contributed by atoms with Crippen molar-refractivity contribution in [3.05, 3.63) is 23.8 Å². The van der Waals surface area contributed by atoms with E-state index in [1.165, 1.54) is 25.3 Å². The van der Waals surface area contributed by atoms with Crippen LogP contribution in [0.3, 0.4) is 0 Å². The summed E-state index contributed by atoms with van der Waals surface area (Å²) in [5, 5.41) is 13.2. The second-order valence-corrected chi connectivity index (χ2v) is 6.45. The van der Waals surface area contributed by atoms with Gasteiger partial charge in [-0.2, -0.15) is 0 Å². The second kappa shape index (κ2) is 5.34. The van der Waals surface area contributed by atoms with Crippen LogP contribution in [-0.4, -0.2) is 44.3 Å². The van der Waals surface area contributed by atoms with Crippen LogP contribution in [0.2, 0.25) is 0 Å². The molecule has 8 nitrogen and oxygen atoms in total. The standard InChI is InChI=1S/C12H14N2O6S/c1-20-7-2-3-9(12(16)17)10(4-7)14-6-8(5-11(14)15)21(13,18)19/h2-4,8H,5-6H2,1H3,(H,16,17)(H2,13,18,19). The van der Waals surface area contributed by atoms with Crippen molar-refractivity contribution in [1.29, 1.82) is 0 Å². The molecule has 1 amide bonds. The van der Waals surface area contributed by atoms with Gasteiger partial charge in [0.05, 0.1) is 18.4 Å². The van der Waals surface area contributed by atoms with Crippen LogP contribution in [0.15, 0.2) is 18.2 Å². The molecule has 0 radical (unpaired) electrons. The number of methoxy groups -OCH3 is 1. The zero-order chi connectivity index (χ0) is 15.8. The molecule has 1 heterocycles. The number of benzene rings is 1. The summed E-state index contributed by atoms with van der Waals surface area (Å²) >= 11 is 0. The van der Waals surface area contributed by atoms with Gasteiger partial charge in [0.25, 0.3) is 0 Å². The molecule has 114 valence electrons. The van der Waals surface area contributed by atoms with Gasteiger partial charge < -0.3 is 14.7 Å². The van der Waals surface area contributed by atoms with Gasteiger partial charge in [0.2, 0.25) is 15.9 Å². The molecule has 0 spiro atoms. The summed E-state index contributed by atoms with van der Waals surface area (Å²) in [7, 11) is -2.47. The van der Waals surface area contributed by atoms with Crippen molar-refractivity contribution in [2.75, 3.05) is 18.6 Å². The Morgan fingerprint density at radius 2 is 2.14 bits per heavy atom. The first-order chi connectivity index (χ1) is 9.74. The van der Waals surface area contributed by atoms with Crippen LogP contribution < -0.4 is 14.8 Å². The van der Waals surface area contributed by atoms with Crippen LogP contribution in [-0.2, 0) is 14.8 Å². The van der Waals surface area contributed by atoms with Gasteiger partial charge in [-0.3, -0.25) is 4.79 Å². The monoisotopic (exact) mass is 314 g/mol. The van der Waals surface area contributed by atoms with Crippen molar-refractivity contribution in [1.82, 2.24) is 0 Å². The average Bonchev–Trinajstić information content (AvgIpc) is 2.79. The minimum atomic E-state index is -3.87. The SMILES string of the molecule is COc1ccc(C(=O)O)c(N2CC(S(N)(=O)=O)CC2=O)c1. The maximum absolute atomic E-state index is 12.0. The summed E-state index contributed by atoms with van der Waals surface area (Å²) in [4.78, 5) is 24.3. The zero-order valence-corrected chi connectivity index (χ0v) is 12.0. The largest absolute Gasteiger partial charge is 0.497 e. The first-order valence-corrected chi connectivity index (χ1v) is 7.58. The third kappa shape index (κ3) is 2.98. The quantitative estimate of drug-likeness (QED) is 0.791. The number of aromatic carboxylic acids is 1. The predicted molar refractivity (Wildman–Crippen MR) is 73.8 cm³/mol. The number of primary sulfonamides is 1. The van der Waals surface area contributed by atoms with Crippen LogP contribution in [0.1, 0.15) is 16.8 Å². The van der Waals surface area contributed by atoms with Gasteiger partial charge in [0.15, 0.2) is 0 Å². The van der Waals surface area contributed by atoms with E-state index in [-0.39, 0.29) is 24.2 Å². The first kappa shape index (κ1) is 15.3. The molecule has 1 unspecified atom stereocenters. The summed E-state index contributed by atoms with van der Waals surface area (Å²) in [6, 6.07) is 4.13. The van der Waals surface area contributed by atoms with E-state index in [2.05, 4.69) is 0 Å². The highest BCUT2D eigenvalue weighted by Gasteiger charge is 2.38. The number of nitrogens with zero attached hydrogens (tertiary/aromatic N) is 1. The Labute approximate surface area is 121 Å². The summed E-state index contributed by atoms with van der Waals surface area (Å²) in [5.41, 5.74) is -0.0165. The molecule has 1 aliphatic heterocycles. The van der Waals surface area contributed by atoms with Crippen molar-refractivity contribution in [3.8, 4) is 5.75 Å². The topological polar surface area (TPSA) is 127 Å². The third-order valence-corrected chi connectivity index (χ3v) is 4.53. The lowest BCUT2D eigenvalue weighted by atomic mass is 10.1. The highest BCUT2D eigenvalue weighted by molar-refractivity contribution is 7.89. The maximum atomic E-state index is 12.0. The van der Waals surface area contributed by atoms with E-state index in [1.807, 2.05) is 0 Å². The molecule has 1 aromatic carbocycles. The predicted octanol–water partition coefficient (Wildman–Crippen LogP) is -0.213. The summed E-state index contributed by atoms with van der Waals surface area (Å²) in [6.07, 6.45) is -0.269. The fraction of sp³-hybridized carbons (Fsp3) is 0.333. The van der Waals surface area contributed by atoms with E-state index in [4.69, 9.17) is 9.88 Å². The number of carbonyl (C=O) groups is 2. The number of sulfonamides is 1. The smallest absolute Gasteiger partial charge is 0.337 e. The first-order valence-electron chi connectivity index (χ1n) is 5.97. The highest BCUT2D eigenvalue weighted by Crippen LogP contribution is 2.31. The molecule has 0 aliphatic carbocycles. The molecule has 21 heavy (non-hydrogen) atoms. The third-order valence-electron chi connectivity index (χ3n) is 3.28. The summed E-state index contributed by atoms with van der Waals surface area (Å²) in [5.74, 6) is -1.36. The number of carboxylic acid groups (broad SMARTS) is 1. The molecule has 2 rings (SSSR count). The van der Waals surface area contributed by atoms with Crippen molar-refractivity contribution >= 4 is 27.6 Å². The lowest BCUT2D eigenvalue weighted by molar-refractivity contribution is -0.117. The Morgan fingerprint density at radius 1 is 1.48 bits per heavy atom. The summed E-state index contributed by atoms with van der Waals surface area (Å²) < 4.78 is 27.7. The number of hydrogen-bond acceptors (Lipinski definition) is 5. The number of ether oxygens (including phenoxy) is 1. The van der Waals surface area contributed by atoms with Gasteiger partial charge in [-0.1, -0.05) is 0 Å². The van der Waals surface area contributed by atoms with Crippen LogP contribution in [0.25, 0.3) is 0 Å². The Bertz CT molecular complexity index is 700. The molecule has 1 fully saturated rings. The Morgan fingerprint density at radius 3 is 2.62 bits per heavy atom. The average molecular weight is 314 g/mol. The van der Waals surface area contributed by atoms with Crippen molar-refractivity contribution in [2.45, 2.75) is 11.7 Å². The van der Waals surface area contributed by atoms with Crippen molar-refractivity contribution in [3.63, 3.8) is 0 Å². The number of hydrogen-bond donors (Lipinski definition) is 2. The molecular weight excluding hydrogens is 300 g/mol. The molecule has 0 aromatic heterocycles. The van der Waals surface area contributed by atoms with E-state index < -0.39 is 27.1 Å². The fourth-order valence-electron chi connectivity index (χ4n) is 2.17. The number of amides is 1. The van der Waals surface area contributed by atoms with Crippen molar-refractivity contribution in [2.24, 2.45) is 5.14 Å². The van der Waals surface area contributed by atoms with Crippen LogP contribution in [0.4, 0.5) is 5.69 Å². The maximum Gasteiger partial charge on any atom is 0.337 e. The van der Waals surface area contributed by atoms with E-state index in [1.54, 1.807) is 0 Å². The van der Waals surface area contributed by atoms with E-state index in [9.17, 15) is 23.1 Å². The molecule has 1 aliphatic rings. The second-order valence-electron chi connectivity index (χ2n) is 4.61.